The summed E-state index contributed by atoms with van der Waals surface area (Å²) in [4.78, 5) is 8.59. The Kier molecular flexibility index (Phi) is 3.66. The SMILES string of the molecule is CC(C)(C)c1cn[c]c(-c2cc(C3CC3)cc(Cl)n2)c1C#N. The van der Waals surface area contributed by atoms with Gasteiger partial charge in [-0.15, -0.1) is 0 Å². The summed E-state index contributed by atoms with van der Waals surface area (Å²) in [7, 11) is 0. The van der Waals surface area contributed by atoms with Crippen LogP contribution < -0.4 is 0 Å². The van der Waals surface area contributed by atoms with Gasteiger partial charge in [0.1, 0.15) is 17.4 Å². The number of nitriles is 1. The molecule has 2 aromatic heterocycles. The first kappa shape index (κ1) is 15.0. The lowest BCUT2D eigenvalue weighted by atomic mass is 9.83. The van der Waals surface area contributed by atoms with Gasteiger partial charge in [0.15, 0.2) is 0 Å². The van der Waals surface area contributed by atoms with Crippen molar-refractivity contribution in [3.05, 3.63) is 46.4 Å². The van der Waals surface area contributed by atoms with E-state index in [0.29, 0.717) is 27.9 Å². The molecule has 0 amide bonds. The first-order chi connectivity index (χ1) is 10.4. The molecule has 0 N–H and O–H groups in total. The molecule has 0 atom stereocenters. The van der Waals surface area contributed by atoms with Gasteiger partial charge >= 0.3 is 0 Å². The van der Waals surface area contributed by atoms with Crippen LogP contribution in [-0.2, 0) is 5.41 Å². The predicted molar refractivity (Wildman–Crippen MR) is 86.7 cm³/mol. The van der Waals surface area contributed by atoms with E-state index in [2.05, 4.69) is 43.0 Å². The molecule has 2 aromatic rings. The second-order valence-electron chi connectivity index (χ2n) is 6.78. The second kappa shape index (κ2) is 5.37. The quantitative estimate of drug-likeness (QED) is 0.759. The third kappa shape index (κ3) is 2.84. The highest BCUT2D eigenvalue weighted by Crippen LogP contribution is 2.42. The fraction of sp³-hybridized carbons (Fsp3) is 0.389. The average molecular weight is 311 g/mol. The van der Waals surface area contributed by atoms with Crippen LogP contribution in [-0.4, -0.2) is 9.97 Å². The van der Waals surface area contributed by atoms with Gasteiger partial charge in [0.05, 0.1) is 11.3 Å². The third-order valence-electron chi connectivity index (χ3n) is 3.93. The first-order valence-electron chi connectivity index (χ1n) is 7.39. The summed E-state index contributed by atoms with van der Waals surface area (Å²) in [6.45, 7) is 6.20. The van der Waals surface area contributed by atoms with Crippen molar-refractivity contribution in [2.75, 3.05) is 0 Å². The molecule has 0 bridgehead atoms. The van der Waals surface area contributed by atoms with Gasteiger partial charge in [-0.25, -0.2) is 4.98 Å². The molecule has 1 fully saturated rings. The molecular formula is C18H17ClN3. The zero-order chi connectivity index (χ0) is 15.9. The highest BCUT2D eigenvalue weighted by Gasteiger charge is 2.26. The molecule has 0 spiro atoms. The third-order valence-corrected chi connectivity index (χ3v) is 4.12. The van der Waals surface area contributed by atoms with Crippen LogP contribution in [0, 0.1) is 17.5 Å². The van der Waals surface area contributed by atoms with Gasteiger partial charge in [0, 0.05) is 11.8 Å². The maximum Gasteiger partial charge on any atom is 0.130 e. The van der Waals surface area contributed by atoms with Crippen molar-refractivity contribution in [1.29, 1.82) is 5.26 Å². The van der Waals surface area contributed by atoms with Crippen LogP contribution in [0.4, 0.5) is 0 Å². The Hall–Kier alpha value is -1.92. The number of halogens is 1. The maximum absolute atomic E-state index is 9.63. The van der Waals surface area contributed by atoms with Crippen LogP contribution in [0.3, 0.4) is 0 Å². The predicted octanol–water partition coefficient (Wildman–Crippen LogP) is 4.64. The largest absolute Gasteiger partial charge is 0.253 e. The molecule has 1 radical (unpaired) electrons. The zero-order valence-corrected chi connectivity index (χ0v) is 13.7. The van der Waals surface area contributed by atoms with Gasteiger partial charge in [-0.2, -0.15) is 5.26 Å². The molecule has 0 aliphatic heterocycles. The van der Waals surface area contributed by atoms with E-state index in [0.717, 1.165) is 5.56 Å². The van der Waals surface area contributed by atoms with Crippen molar-refractivity contribution in [1.82, 2.24) is 9.97 Å². The van der Waals surface area contributed by atoms with E-state index in [1.807, 2.05) is 12.1 Å². The van der Waals surface area contributed by atoms with Crippen LogP contribution in [0.2, 0.25) is 5.15 Å². The van der Waals surface area contributed by atoms with Gasteiger partial charge < -0.3 is 0 Å². The van der Waals surface area contributed by atoms with E-state index < -0.39 is 0 Å². The van der Waals surface area contributed by atoms with Gasteiger partial charge in [0.2, 0.25) is 0 Å². The number of aromatic nitrogens is 2. The monoisotopic (exact) mass is 310 g/mol. The molecule has 1 aliphatic carbocycles. The summed E-state index contributed by atoms with van der Waals surface area (Å²) in [5.41, 5.74) is 3.83. The highest BCUT2D eigenvalue weighted by atomic mass is 35.5. The Labute approximate surface area is 136 Å². The fourth-order valence-corrected chi connectivity index (χ4v) is 2.80. The van der Waals surface area contributed by atoms with Crippen molar-refractivity contribution < 1.29 is 0 Å². The van der Waals surface area contributed by atoms with Crippen molar-refractivity contribution in [3.8, 4) is 17.3 Å². The summed E-state index contributed by atoms with van der Waals surface area (Å²) in [6, 6.07) is 6.23. The lowest BCUT2D eigenvalue weighted by Crippen LogP contribution is -2.14. The van der Waals surface area contributed by atoms with Crippen LogP contribution in [0.15, 0.2) is 18.3 Å². The molecule has 1 aliphatic rings. The number of hydrogen-bond acceptors (Lipinski definition) is 3. The molecule has 0 saturated heterocycles. The summed E-state index contributed by atoms with van der Waals surface area (Å²) < 4.78 is 0. The minimum atomic E-state index is -0.167. The average Bonchev–Trinajstić information content (AvgIpc) is 3.29. The molecule has 22 heavy (non-hydrogen) atoms. The van der Waals surface area contributed by atoms with E-state index in [9.17, 15) is 5.26 Å². The summed E-state index contributed by atoms with van der Waals surface area (Å²) in [6.07, 6.45) is 7.03. The van der Waals surface area contributed by atoms with Crippen molar-refractivity contribution in [2.24, 2.45) is 0 Å². The van der Waals surface area contributed by atoms with E-state index in [-0.39, 0.29) is 5.41 Å². The number of nitrogens with zero attached hydrogens (tertiary/aromatic N) is 3. The minimum Gasteiger partial charge on any atom is -0.253 e. The van der Waals surface area contributed by atoms with Crippen LogP contribution >= 0.6 is 11.6 Å². The van der Waals surface area contributed by atoms with Crippen LogP contribution in [0.1, 0.15) is 56.2 Å². The smallest absolute Gasteiger partial charge is 0.130 e. The maximum atomic E-state index is 9.63. The van der Waals surface area contributed by atoms with Crippen LogP contribution in [0.5, 0.6) is 0 Å². The molecule has 4 heteroatoms. The van der Waals surface area contributed by atoms with Gasteiger partial charge in [-0.05, 0) is 47.4 Å². The lowest BCUT2D eigenvalue weighted by Gasteiger charge is -2.21. The lowest BCUT2D eigenvalue weighted by molar-refractivity contribution is 0.586. The number of pyridine rings is 2. The summed E-state index contributed by atoms with van der Waals surface area (Å²) in [5.74, 6) is 0.573. The molecule has 111 valence electrons. The Balaban J connectivity index is 2.19. The molecule has 0 unspecified atom stereocenters. The van der Waals surface area contributed by atoms with Gasteiger partial charge in [0.25, 0.3) is 0 Å². The topological polar surface area (TPSA) is 49.6 Å². The van der Waals surface area contributed by atoms with E-state index >= 15 is 0 Å². The Morgan fingerprint density at radius 2 is 2.05 bits per heavy atom. The highest BCUT2D eigenvalue weighted by molar-refractivity contribution is 6.29. The molecule has 1 saturated carbocycles. The fourth-order valence-electron chi connectivity index (χ4n) is 2.58. The second-order valence-corrected chi connectivity index (χ2v) is 7.17. The van der Waals surface area contributed by atoms with Crippen molar-refractivity contribution in [2.45, 2.75) is 44.9 Å². The minimum absolute atomic E-state index is 0.167. The summed E-state index contributed by atoms with van der Waals surface area (Å²) in [5, 5.41) is 10.1. The Bertz CT molecular complexity index is 765. The molecular weight excluding hydrogens is 294 g/mol. The molecule has 0 aromatic carbocycles. The Morgan fingerprint density at radius 3 is 2.64 bits per heavy atom. The standard InChI is InChI=1S/C18H17ClN3/c1-18(2,3)15-10-21-9-14(13(15)8-20)16-6-12(11-4-5-11)7-17(19)22-16/h6-7,10-11H,4-5H2,1-3H3. The zero-order valence-electron chi connectivity index (χ0n) is 12.9. The van der Waals surface area contributed by atoms with E-state index in [4.69, 9.17) is 11.6 Å². The molecule has 2 heterocycles. The summed E-state index contributed by atoms with van der Waals surface area (Å²) >= 11 is 6.17. The van der Waals surface area contributed by atoms with E-state index in [1.165, 1.54) is 18.4 Å². The van der Waals surface area contributed by atoms with Crippen molar-refractivity contribution >= 4 is 11.6 Å². The normalized spacial score (nSPS) is 14.7. The van der Waals surface area contributed by atoms with Gasteiger partial charge in [-0.1, -0.05) is 32.4 Å². The van der Waals surface area contributed by atoms with Crippen molar-refractivity contribution in [3.63, 3.8) is 0 Å². The number of hydrogen-bond donors (Lipinski definition) is 0. The molecule has 3 rings (SSSR count). The van der Waals surface area contributed by atoms with Gasteiger partial charge in [-0.3, -0.25) is 4.98 Å². The van der Waals surface area contributed by atoms with Crippen LogP contribution in [0.25, 0.3) is 11.3 Å². The molecule has 3 nitrogen and oxygen atoms in total. The van der Waals surface area contributed by atoms with E-state index in [1.54, 1.807) is 6.20 Å². The first-order valence-corrected chi connectivity index (χ1v) is 7.77. The Morgan fingerprint density at radius 1 is 1.32 bits per heavy atom. The number of rotatable bonds is 2.